The Hall–Kier alpha value is -2.39. The normalized spacial score (nSPS) is 16.1. The summed E-state index contributed by atoms with van der Waals surface area (Å²) in [4.78, 5) is 22.5. The summed E-state index contributed by atoms with van der Waals surface area (Å²) in [5, 5.41) is 12.6. The number of H-pyrrole nitrogens is 1. The molecule has 2 aliphatic rings. The highest BCUT2D eigenvalue weighted by molar-refractivity contribution is 8.05. The Morgan fingerprint density at radius 2 is 1.94 bits per heavy atom. The van der Waals surface area contributed by atoms with Gasteiger partial charge in [0.15, 0.2) is 0 Å². The van der Waals surface area contributed by atoms with E-state index in [1.54, 1.807) is 29.6 Å². The summed E-state index contributed by atoms with van der Waals surface area (Å²) in [5.41, 5.74) is 3.80. The second kappa shape index (κ2) is 9.85. The van der Waals surface area contributed by atoms with Crippen LogP contribution in [-0.2, 0) is 4.74 Å². The van der Waals surface area contributed by atoms with E-state index < -0.39 is 0 Å². The number of aromatic amines is 1. The fraction of sp³-hybridized carbons (Fsp3) is 0.320. The van der Waals surface area contributed by atoms with Gasteiger partial charge in [0.25, 0.3) is 0 Å². The minimum atomic E-state index is -0.0897. The van der Waals surface area contributed by atoms with Crippen molar-refractivity contribution in [2.75, 3.05) is 43.1 Å². The third kappa shape index (κ3) is 4.94. The summed E-state index contributed by atoms with van der Waals surface area (Å²) >= 11 is 3.50. The average molecular weight is 482 g/mol. The molecule has 172 valence electrons. The van der Waals surface area contributed by atoms with Crippen molar-refractivity contribution in [2.45, 2.75) is 39.0 Å². The van der Waals surface area contributed by atoms with E-state index in [9.17, 15) is 4.79 Å². The van der Waals surface area contributed by atoms with E-state index in [2.05, 4.69) is 64.6 Å². The molecule has 0 aliphatic carbocycles. The molecule has 33 heavy (non-hydrogen) atoms. The number of nitrogens with one attached hydrogen (secondary N) is 2. The van der Waals surface area contributed by atoms with Crippen molar-refractivity contribution in [1.82, 2.24) is 4.98 Å². The summed E-state index contributed by atoms with van der Waals surface area (Å²) in [6, 6.07) is 16.7. The van der Waals surface area contributed by atoms with Gasteiger partial charge in [0.2, 0.25) is 5.56 Å². The first-order valence-corrected chi connectivity index (χ1v) is 12.8. The van der Waals surface area contributed by atoms with Gasteiger partial charge in [-0.1, -0.05) is 35.7 Å². The molecule has 0 bridgehead atoms. The largest absolute Gasteiger partial charge is 0.396 e. The number of fused-ring (bicyclic) bond motifs is 2. The lowest BCUT2D eigenvalue weighted by atomic mass is 10.1. The predicted octanol–water partition coefficient (Wildman–Crippen LogP) is 4.68. The predicted molar refractivity (Wildman–Crippen MR) is 135 cm³/mol. The summed E-state index contributed by atoms with van der Waals surface area (Å²) in [6.07, 6.45) is 0.715. The van der Waals surface area contributed by atoms with E-state index in [0.29, 0.717) is 19.6 Å². The molecular formula is C25H27N3O3S2. The van der Waals surface area contributed by atoms with Crippen LogP contribution in [0.4, 0.5) is 11.4 Å². The van der Waals surface area contributed by atoms with Crippen molar-refractivity contribution in [3.05, 3.63) is 58.9 Å². The molecule has 2 aromatic carbocycles. The van der Waals surface area contributed by atoms with Crippen LogP contribution in [0.3, 0.4) is 0 Å². The Morgan fingerprint density at radius 3 is 2.76 bits per heavy atom. The topological polar surface area (TPSA) is 77.6 Å². The van der Waals surface area contributed by atoms with E-state index in [1.165, 1.54) is 19.6 Å². The summed E-state index contributed by atoms with van der Waals surface area (Å²) in [6.45, 7) is 5.20. The molecule has 0 radical (unpaired) electrons. The van der Waals surface area contributed by atoms with Gasteiger partial charge in [-0.15, -0.1) is 0 Å². The highest BCUT2D eigenvalue weighted by atomic mass is 32.2. The number of aromatic nitrogens is 1. The maximum absolute atomic E-state index is 12.5. The molecule has 5 rings (SSSR count). The lowest BCUT2D eigenvalue weighted by Gasteiger charge is -2.29. The van der Waals surface area contributed by atoms with Crippen molar-refractivity contribution in [3.63, 3.8) is 0 Å². The first-order chi connectivity index (χ1) is 16.1. The van der Waals surface area contributed by atoms with Gasteiger partial charge >= 0.3 is 0 Å². The van der Waals surface area contributed by atoms with Crippen LogP contribution >= 0.6 is 23.5 Å². The Labute approximate surface area is 201 Å². The van der Waals surface area contributed by atoms with Gasteiger partial charge in [0, 0.05) is 68.3 Å². The molecule has 0 amide bonds. The molecule has 2 aliphatic heterocycles. The van der Waals surface area contributed by atoms with Gasteiger partial charge in [0.1, 0.15) is 0 Å². The van der Waals surface area contributed by atoms with Crippen LogP contribution < -0.4 is 15.8 Å². The standard InChI is InChI=1S/C25H27N3O3S2/c1-16(7-10-29)26-17-5-6-21-23(13-17)32-22-4-2-3-19(25(22)33-21)20-14-18(15-24(30)27-20)28-8-11-31-12-9-28/h2-6,13-16,26,29H,7-12H2,1H3,(H,27,30). The minimum absolute atomic E-state index is 0.0897. The number of hydrogen-bond donors (Lipinski definition) is 3. The molecule has 0 spiro atoms. The Morgan fingerprint density at radius 1 is 1.09 bits per heavy atom. The van der Waals surface area contributed by atoms with Gasteiger partial charge in [-0.25, -0.2) is 0 Å². The van der Waals surface area contributed by atoms with Crippen LogP contribution in [0.15, 0.2) is 72.9 Å². The number of hydrogen-bond acceptors (Lipinski definition) is 7. The molecule has 6 nitrogen and oxygen atoms in total. The SMILES string of the molecule is CC(CCO)Nc1ccc2c(c1)Sc1cccc(-c3cc(N4CCOCC4)cc(=O)[nH]3)c1S2. The number of aliphatic hydroxyl groups is 1. The fourth-order valence-corrected chi connectivity index (χ4v) is 6.55. The van der Waals surface area contributed by atoms with Gasteiger partial charge in [-0.3, -0.25) is 4.79 Å². The van der Waals surface area contributed by atoms with Crippen molar-refractivity contribution in [3.8, 4) is 11.3 Å². The van der Waals surface area contributed by atoms with Crippen LogP contribution in [0.1, 0.15) is 13.3 Å². The van der Waals surface area contributed by atoms with Crippen LogP contribution in [0.25, 0.3) is 11.3 Å². The number of aliphatic hydroxyl groups excluding tert-OH is 1. The van der Waals surface area contributed by atoms with Crippen LogP contribution in [0.5, 0.6) is 0 Å². The number of anilines is 2. The third-order valence-corrected chi connectivity index (χ3v) is 8.42. The van der Waals surface area contributed by atoms with Crippen molar-refractivity contribution < 1.29 is 9.84 Å². The lowest BCUT2D eigenvalue weighted by molar-refractivity contribution is 0.122. The first kappa shape index (κ1) is 22.4. The molecule has 1 fully saturated rings. The zero-order chi connectivity index (χ0) is 22.8. The van der Waals surface area contributed by atoms with E-state index in [0.717, 1.165) is 35.7 Å². The second-order valence-corrected chi connectivity index (χ2v) is 10.4. The molecule has 1 unspecified atom stereocenters. The number of ether oxygens (including phenoxy) is 1. The maximum Gasteiger partial charge on any atom is 0.250 e. The molecule has 1 saturated heterocycles. The summed E-state index contributed by atoms with van der Waals surface area (Å²) in [5.74, 6) is 0. The summed E-state index contributed by atoms with van der Waals surface area (Å²) < 4.78 is 5.47. The Balaban J connectivity index is 1.45. The molecule has 8 heteroatoms. The van der Waals surface area contributed by atoms with Crippen molar-refractivity contribution >= 4 is 34.9 Å². The van der Waals surface area contributed by atoms with Crippen LogP contribution in [0, 0.1) is 0 Å². The van der Waals surface area contributed by atoms with Crippen LogP contribution in [-0.4, -0.2) is 49.0 Å². The zero-order valence-electron chi connectivity index (χ0n) is 18.5. The zero-order valence-corrected chi connectivity index (χ0v) is 20.1. The highest BCUT2D eigenvalue weighted by Crippen LogP contribution is 2.52. The fourth-order valence-electron chi connectivity index (χ4n) is 4.13. The van der Waals surface area contributed by atoms with Crippen LogP contribution in [0.2, 0.25) is 0 Å². The van der Waals surface area contributed by atoms with E-state index >= 15 is 0 Å². The van der Waals surface area contributed by atoms with Gasteiger partial charge in [-0.2, -0.15) is 0 Å². The third-order valence-electron chi connectivity index (χ3n) is 5.83. The second-order valence-electron chi connectivity index (χ2n) is 8.27. The number of nitrogens with zero attached hydrogens (tertiary/aromatic N) is 1. The van der Waals surface area contributed by atoms with Gasteiger partial charge < -0.3 is 25.0 Å². The monoisotopic (exact) mass is 481 g/mol. The molecular weight excluding hydrogens is 454 g/mol. The molecule has 1 atom stereocenters. The number of rotatable bonds is 6. The van der Waals surface area contributed by atoms with E-state index in [-0.39, 0.29) is 18.2 Å². The smallest absolute Gasteiger partial charge is 0.250 e. The minimum Gasteiger partial charge on any atom is -0.396 e. The average Bonchev–Trinajstić information content (AvgIpc) is 2.82. The Kier molecular flexibility index (Phi) is 6.69. The molecule has 3 aromatic rings. The van der Waals surface area contributed by atoms with Gasteiger partial charge in [-0.05, 0) is 43.7 Å². The number of morpholine rings is 1. The molecule has 3 heterocycles. The summed E-state index contributed by atoms with van der Waals surface area (Å²) in [7, 11) is 0. The first-order valence-electron chi connectivity index (χ1n) is 11.2. The highest BCUT2D eigenvalue weighted by Gasteiger charge is 2.22. The molecule has 3 N–H and O–H groups in total. The van der Waals surface area contributed by atoms with E-state index in [4.69, 9.17) is 9.84 Å². The molecule has 0 saturated carbocycles. The van der Waals surface area contributed by atoms with Gasteiger partial charge in [0.05, 0.1) is 18.9 Å². The van der Waals surface area contributed by atoms with Crippen molar-refractivity contribution in [2.24, 2.45) is 0 Å². The lowest BCUT2D eigenvalue weighted by Crippen LogP contribution is -2.36. The number of pyridine rings is 1. The quantitative estimate of drug-likeness (QED) is 0.369. The van der Waals surface area contributed by atoms with Crippen molar-refractivity contribution in [1.29, 1.82) is 0 Å². The molecule has 1 aromatic heterocycles. The Bertz CT molecular complexity index is 1210. The number of benzene rings is 2. The maximum atomic E-state index is 12.5. The van der Waals surface area contributed by atoms with E-state index in [1.807, 2.05) is 0 Å².